The number of hydrogen-bond acceptors (Lipinski definition) is 3. The average Bonchev–Trinajstić information content (AvgIpc) is 2.35. The summed E-state index contributed by atoms with van der Waals surface area (Å²) in [6.45, 7) is 2.34. The molecule has 0 heterocycles. The van der Waals surface area contributed by atoms with Crippen LogP contribution in [-0.4, -0.2) is 30.8 Å². The molecule has 1 amide bonds. The van der Waals surface area contributed by atoms with E-state index in [1.807, 2.05) is 25.1 Å². The minimum atomic E-state index is -0.193. The summed E-state index contributed by atoms with van der Waals surface area (Å²) in [5.74, 6) is 0.501. The van der Waals surface area contributed by atoms with Gasteiger partial charge in [-0.2, -0.15) is 0 Å². The fourth-order valence-corrected chi connectivity index (χ4v) is 1.51. The van der Waals surface area contributed by atoms with Crippen LogP contribution in [0.3, 0.4) is 0 Å². The number of rotatable bonds is 6. The van der Waals surface area contributed by atoms with Gasteiger partial charge in [-0.05, 0) is 34.0 Å². The van der Waals surface area contributed by atoms with Gasteiger partial charge in [0.15, 0.2) is 6.61 Å². The van der Waals surface area contributed by atoms with Gasteiger partial charge in [0.1, 0.15) is 5.75 Å². The summed E-state index contributed by atoms with van der Waals surface area (Å²) in [5.41, 5.74) is 0. The van der Waals surface area contributed by atoms with Crippen LogP contribution in [0.1, 0.15) is 6.92 Å². The molecule has 1 atom stereocenters. The van der Waals surface area contributed by atoms with Crippen LogP contribution in [0.5, 0.6) is 5.75 Å². The number of halogens is 1. The minimum absolute atomic E-state index is 0.0270. The van der Waals surface area contributed by atoms with Gasteiger partial charge in [-0.25, -0.2) is 0 Å². The smallest absolute Gasteiger partial charge is 0.257 e. The second-order valence-corrected chi connectivity index (χ2v) is 4.67. The van der Waals surface area contributed by atoms with Gasteiger partial charge in [-0.3, -0.25) is 4.79 Å². The standard InChI is InChI=1S/C12H16BrNO3/c1-9(7-15)6-14-12(16)8-17-11-5-3-2-4-10(11)13/h2-5,9,15H,6-8H2,1H3,(H,14,16). The first-order chi connectivity index (χ1) is 8.13. The Morgan fingerprint density at radius 1 is 1.53 bits per heavy atom. The molecule has 1 unspecified atom stereocenters. The van der Waals surface area contributed by atoms with Crippen LogP contribution in [0, 0.1) is 5.92 Å². The third-order valence-electron chi connectivity index (χ3n) is 2.15. The lowest BCUT2D eigenvalue weighted by Crippen LogP contribution is -2.33. The molecule has 1 aromatic carbocycles. The van der Waals surface area contributed by atoms with Crippen molar-refractivity contribution in [2.45, 2.75) is 6.92 Å². The number of carbonyl (C=O) groups excluding carboxylic acids is 1. The second-order valence-electron chi connectivity index (χ2n) is 3.81. The largest absolute Gasteiger partial charge is 0.483 e. The molecule has 0 fully saturated rings. The number of aliphatic hydroxyl groups excluding tert-OH is 1. The first-order valence-corrected chi connectivity index (χ1v) is 6.17. The predicted molar refractivity (Wildman–Crippen MR) is 68.9 cm³/mol. The van der Waals surface area contributed by atoms with Crippen molar-refractivity contribution in [2.75, 3.05) is 19.8 Å². The molecule has 0 saturated heterocycles. The molecule has 0 aliphatic carbocycles. The van der Waals surface area contributed by atoms with Crippen molar-refractivity contribution in [2.24, 2.45) is 5.92 Å². The van der Waals surface area contributed by atoms with E-state index in [2.05, 4.69) is 21.2 Å². The van der Waals surface area contributed by atoms with Crippen LogP contribution in [0.4, 0.5) is 0 Å². The molecular formula is C12H16BrNO3. The molecule has 0 bridgehead atoms. The third kappa shape index (κ3) is 5.19. The summed E-state index contributed by atoms with van der Waals surface area (Å²) in [7, 11) is 0. The maximum absolute atomic E-state index is 11.4. The van der Waals surface area contributed by atoms with Gasteiger partial charge in [0.2, 0.25) is 0 Å². The Hall–Kier alpha value is -1.07. The maximum Gasteiger partial charge on any atom is 0.257 e. The van der Waals surface area contributed by atoms with E-state index in [4.69, 9.17) is 9.84 Å². The second kappa shape index (κ2) is 7.29. The molecule has 0 aromatic heterocycles. The average molecular weight is 302 g/mol. The highest BCUT2D eigenvalue weighted by Crippen LogP contribution is 2.23. The highest BCUT2D eigenvalue weighted by molar-refractivity contribution is 9.10. The fraction of sp³-hybridized carbons (Fsp3) is 0.417. The Morgan fingerprint density at radius 2 is 2.24 bits per heavy atom. The van der Waals surface area contributed by atoms with Crippen LogP contribution in [0.25, 0.3) is 0 Å². The van der Waals surface area contributed by atoms with Crippen molar-refractivity contribution in [1.82, 2.24) is 5.32 Å². The number of para-hydroxylation sites is 1. The van der Waals surface area contributed by atoms with Crippen LogP contribution in [0.2, 0.25) is 0 Å². The Bertz CT molecular complexity index is 371. The van der Waals surface area contributed by atoms with Crippen molar-refractivity contribution >= 4 is 21.8 Å². The Labute approximate surface area is 109 Å². The molecule has 2 N–H and O–H groups in total. The number of amides is 1. The lowest BCUT2D eigenvalue weighted by molar-refractivity contribution is -0.123. The van der Waals surface area contributed by atoms with Crippen LogP contribution in [-0.2, 0) is 4.79 Å². The molecule has 0 spiro atoms. The van der Waals surface area contributed by atoms with E-state index in [9.17, 15) is 4.79 Å². The van der Waals surface area contributed by atoms with Crippen LogP contribution in [0.15, 0.2) is 28.7 Å². The normalized spacial score (nSPS) is 11.9. The van der Waals surface area contributed by atoms with Gasteiger partial charge in [-0.1, -0.05) is 19.1 Å². The number of carbonyl (C=O) groups is 1. The van der Waals surface area contributed by atoms with Crippen LogP contribution < -0.4 is 10.1 Å². The van der Waals surface area contributed by atoms with Crippen molar-refractivity contribution in [3.05, 3.63) is 28.7 Å². The molecule has 0 radical (unpaired) electrons. The first-order valence-electron chi connectivity index (χ1n) is 5.38. The molecule has 1 aromatic rings. The maximum atomic E-state index is 11.4. The number of aliphatic hydroxyl groups is 1. The lowest BCUT2D eigenvalue weighted by Gasteiger charge is -2.11. The lowest BCUT2D eigenvalue weighted by atomic mass is 10.2. The Balaban J connectivity index is 2.31. The van der Waals surface area contributed by atoms with Gasteiger partial charge in [0.05, 0.1) is 4.47 Å². The zero-order valence-corrected chi connectivity index (χ0v) is 11.2. The summed E-state index contributed by atoms with van der Waals surface area (Å²) in [6.07, 6.45) is 0. The Morgan fingerprint density at radius 3 is 2.88 bits per heavy atom. The zero-order chi connectivity index (χ0) is 12.7. The van der Waals surface area contributed by atoms with Crippen molar-refractivity contribution in [3.63, 3.8) is 0 Å². The third-order valence-corrected chi connectivity index (χ3v) is 2.81. The van der Waals surface area contributed by atoms with E-state index in [-0.39, 0.29) is 25.0 Å². The molecule has 94 valence electrons. The number of ether oxygens (including phenoxy) is 1. The molecule has 5 heteroatoms. The molecule has 17 heavy (non-hydrogen) atoms. The van der Waals surface area contributed by atoms with E-state index in [0.717, 1.165) is 4.47 Å². The fourth-order valence-electron chi connectivity index (χ4n) is 1.11. The van der Waals surface area contributed by atoms with Crippen molar-refractivity contribution in [3.8, 4) is 5.75 Å². The summed E-state index contributed by atoms with van der Waals surface area (Å²) >= 11 is 3.33. The van der Waals surface area contributed by atoms with Crippen LogP contribution >= 0.6 is 15.9 Å². The first kappa shape index (κ1) is 14.0. The van der Waals surface area contributed by atoms with E-state index in [1.165, 1.54) is 0 Å². The van der Waals surface area contributed by atoms with Crippen molar-refractivity contribution < 1.29 is 14.6 Å². The van der Waals surface area contributed by atoms with Gasteiger partial charge in [-0.15, -0.1) is 0 Å². The molecule has 0 saturated carbocycles. The number of benzene rings is 1. The summed E-state index contributed by atoms with van der Waals surface area (Å²) in [5, 5.41) is 11.5. The number of hydrogen-bond donors (Lipinski definition) is 2. The Kier molecular flexibility index (Phi) is 6.00. The van der Waals surface area contributed by atoms with Gasteiger partial charge >= 0.3 is 0 Å². The minimum Gasteiger partial charge on any atom is -0.483 e. The summed E-state index contributed by atoms with van der Waals surface area (Å²) < 4.78 is 6.16. The molecule has 0 aliphatic heterocycles. The summed E-state index contributed by atoms with van der Waals surface area (Å²) in [6, 6.07) is 7.35. The highest BCUT2D eigenvalue weighted by atomic mass is 79.9. The molecule has 0 aliphatic rings. The van der Waals surface area contributed by atoms with E-state index < -0.39 is 0 Å². The molecular weight excluding hydrogens is 286 g/mol. The molecule has 1 rings (SSSR count). The number of nitrogens with one attached hydrogen (secondary N) is 1. The quantitative estimate of drug-likeness (QED) is 0.838. The summed E-state index contributed by atoms with van der Waals surface area (Å²) in [4.78, 5) is 11.4. The van der Waals surface area contributed by atoms with Gasteiger partial charge in [0.25, 0.3) is 5.91 Å². The van der Waals surface area contributed by atoms with Gasteiger partial charge < -0.3 is 15.2 Å². The topological polar surface area (TPSA) is 58.6 Å². The zero-order valence-electron chi connectivity index (χ0n) is 9.65. The van der Waals surface area contributed by atoms with E-state index >= 15 is 0 Å². The highest BCUT2D eigenvalue weighted by Gasteiger charge is 2.06. The SMILES string of the molecule is CC(CO)CNC(=O)COc1ccccc1Br. The van der Waals surface area contributed by atoms with E-state index in [1.54, 1.807) is 6.07 Å². The van der Waals surface area contributed by atoms with E-state index in [0.29, 0.717) is 12.3 Å². The van der Waals surface area contributed by atoms with Crippen molar-refractivity contribution in [1.29, 1.82) is 0 Å². The molecule has 4 nitrogen and oxygen atoms in total. The predicted octanol–water partition coefficient (Wildman–Crippen LogP) is 1.57. The van der Waals surface area contributed by atoms with Gasteiger partial charge in [0, 0.05) is 13.2 Å². The monoisotopic (exact) mass is 301 g/mol.